The summed E-state index contributed by atoms with van der Waals surface area (Å²) in [7, 11) is 0. The largest absolute Gasteiger partial charge is 0.395 e. The zero-order chi connectivity index (χ0) is 13.7. The number of alkyl halides is 3. The van der Waals surface area contributed by atoms with Gasteiger partial charge in [0.05, 0.1) is 17.3 Å². The number of rotatable bonds is 1. The summed E-state index contributed by atoms with van der Waals surface area (Å²) in [5.41, 5.74) is -0.271. The lowest BCUT2D eigenvalue weighted by Crippen LogP contribution is -2.38. The van der Waals surface area contributed by atoms with Crippen LogP contribution in [0.1, 0.15) is 13.3 Å². The number of pyridine rings is 1. The van der Waals surface area contributed by atoms with E-state index < -0.39 is 11.6 Å². The number of halogens is 3. The molecule has 1 unspecified atom stereocenters. The highest BCUT2D eigenvalue weighted by molar-refractivity contribution is 5.85. The van der Waals surface area contributed by atoms with E-state index in [9.17, 15) is 13.2 Å². The van der Waals surface area contributed by atoms with E-state index in [0.29, 0.717) is 17.9 Å². The number of imidazole rings is 1. The van der Waals surface area contributed by atoms with E-state index in [4.69, 9.17) is 0 Å². The van der Waals surface area contributed by atoms with Crippen LogP contribution in [-0.2, 0) is 0 Å². The molecule has 3 rings (SSSR count). The molecule has 1 N–H and O–H groups in total. The number of anilines is 1. The molecule has 2 aromatic heterocycles. The van der Waals surface area contributed by atoms with Crippen molar-refractivity contribution in [3.05, 3.63) is 18.6 Å². The van der Waals surface area contributed by atoms with Crippen LogP contribution in [0.4, 0.5) is 19.0 Å². The zero-order valence-electron chi connectivity index (χ0n) is 10.3. The van der Waals surface area contributed by atoms with E-state index in [0.717, 1.165) is 5.52 Å². The molecular formula is C12H13F3N4. The summed E-state index contributed by atoms with van der Waals surface area (Å²) in [6, 6.07) is 1.75. The van der Waals surface area contributed by atoms with E-state index in [1.54, 1.807) is 17.2 Å². The fourth-order valence-electron chi connectivity index (χ4n) is 2.46. The number of nitrogens with zero attached hydrogens (tertiary/aromatic N) is 3. The predicted molar refractivity (Wildman–Crippen MR) is 64.9 cm³/mol. The van der Waals surface area contributed by atoms with Crippen LogP contribution < -0.4 is 4.90 Å². The topological polar surface area (TPSA) is 44.8 Å². The summed E-state index contributed by atoms with van der Waals surface area (Å²) < 4.78 is 39.1. The van der Waals surface area contributed by atoms with Crippen molar-refractivity contribution in [3.63, 3.8) is 0 Å². The SMILES string of the molecule is CC1(C(F)(F)F)CCN(c2nccc3[nH]cnc23)C1. The predicted octanol–water partition coefficient (Wildman–Crippen LogP) is 2.74. The zero-order valence-corrected chi connectivity index (χ0v) is 10.3. The van der Waals surface area contributed by atoms with Crippen molar-refractivity contribution in [2.24, 2.45) is 5.41 Å². The summed E-state index contributed by atoms with van der Waals surface area (Å²) >= 11 is 0. The Morgan fingerprint density at radius 3 is 2.84 bits per heavy atom. The van der Waals surface area contributed by atoms with E-state index in [-0.39, 0.29) is 13.0 Å². The van der Waals surface area contributed by atoms with Gasteiger partial charge in [-0.1, -0.05) is 0 Å². The summed E-state index contributed by atoms with van der Waals surface area (Å²) in [5.74, 6) is 0.520. The van der Waals surface area contributed by atoms with Gasteiger partial charge in [-0.2, -0.15) is 13.2 Å². The molecule has 0 bridgehead atoms. The van der Waals surface area contributed by atoms with Crippen LogP contribution in [0, 0.1) is 5.41 Å². The molecule has 1 aliphatic heterocycles. The monoisotopic (exact) mass is 270 g/mol. The van der Waals surface area contributed by atoms with Gasteiger partial charge < -0.3 is 9.88 Å². The second-order valence-corrected chi connectivity index (χ2v) is 5.16. The Labute approximate surface area is 107 Å². The molecule has 1 saturated heterocycles. The van der Waals surface area contributed by atoms with Crippen LogP contribution in [0.5, 0.6) is 0 Å². The van der Waals surface area contributed by atoms with Crippen LogP contribution in [-0.4, -0.2) is 34.2 Å². The summed E-state index contributed by atoms with van der Waals surface area (Å²) in [6.07, 6.45) is -1.01. The van der Waals surface area contributed by atoms with E-state index in [1.165, 1.54) is 13.3 Å². The first-order chi connectivity index (χ1) is 8.91. The van der Waals surface area contributed by atoms with Gasteiger partial charge in [0.2, 0.25) is 0 Å². The number of nitrogens with one attached hydrogen (secondary N) is 1. The molecular weight excluding hydrogens is 257 g/mol. The van der Waals surface area contributed by atoms with Gasteiger partial charge in [-0.3, -0.25) is 0 Å². The molecule has 3 heterocycles. The van der Waals surface area contributed by atoms with Crippen LogP contribution in [0.15, 0.2) is 18.6 Å². The van der Waals surface area contributed by atoms with Gasteiger partial charge in [0.25, 0.3) is 0 Å². The molecule has 19 heavy (non-hydrogen) atoms. The summed E-state index contributed by atoms with van der Waals surface area (Å²) in [6.45, 7) is 1.53. The average Bonchev–Trinajstić information content (AvgIpc) is 2.94. The minimum atomic E-state index is -4.19. The molecule has 1 atom stereocenters. The van der Waals surface area contributed by atoms with Crippen molar-refractivity contribution in [2.75, 3.05) is 18.0 Å². The molecule has 0 amide bonds. The minimum Gasteiger partial charge on any atom is -0.354 e. The first-order valence-corrected chi connectivity index (χ1v) is 6.00. The molecule has 1 aliphatic rings. The fourth-order valence-corrected chi connectivity index (χ4v) is 2.46. The number of hydrogen-bond donors (Lipinski definition) is 1. The number of hydrogen-bond acceptors (Lipinski definition) is 3. The third-order valence-corrected chi connectivity index (χ3v) is 3.78. The third kappa shape index (κ3) is 1.84. The Kier molecular flexibility index (Phi) is 2.48. The highest BCUT2D eigenvalue weighted by Crippen LogP contribution is 2.46. The number of aromatic amines is 1. The van der Waals surface area contributed by atoms with Gasteiger partial charge in [-0.25, -0.2) is 9.97 Å². The summed E-state index contributed by atoms with van der Waals surface area (Å²) in [5, 5.41) is 0. The van der Waals surface area contributed by atoms with Crippen LogP contribution in [0.25, 0.3) is 11.0 Å². The molecule has 0 saturated carbocycles. The Balaban J connectivity index is 1.95. The molecule has 0 aromatic carbocycles. The van der Waals surface area contributed by atoms with Crippen LogP contribution >= 0.6 is 0 Å². The molecule has 0 aliphatic carbocycles. The lowest BCUT2D eigenvalue weighted by Gasteiger charge is -2.27. The van der Waals surface area contributed by atoms with Crippen molar-refractivity contribution in [1.82, 2.24) is 15.0 Å². The van der Waals surface area contributed by atoms with E-state index in [1.807, 2.05) is 0 Å². The first-order valence-electron chi connectivity index (χ1n) is 6.00. The molecule has 2 aromatic rings. The van der Waals surface area contributed by atoms with Crippen molar-refractivity contribution in [3.8, 4) is 0 Å². The Hall–Kier alpha value is -1.79. The number of H-pyrrole nitrogens is 1. The molecule has 4 nitrogen and oxygen atoms in total. The maximum absolute atomic E-state index is 13.0. The average molecular weight is 270 g/mol. The van der Waals surface area contributed by atoms with Gasteiger partial charge in [0.15, 0.2) is 5.82 Å². The van der Waals surface area contributed by atoms with Crippen LogP contribution in [0.2, 0.25) is 0 Å². The Morgan fingerprint density at radius 1 is 1.37 bits per heavy atom. The lowest BCUT2D eigenvalue weighted by molar-refractivity contribution is -0.209. The van der Waals surface area contributed by atoms with Gasteiger partial charge in [-0.15, -0.1) is 0 Å². The van der Waals surface area contributed by atoms with Gasteiger partial charge in [0.1, 0.15) is 5.52 Å². The van der Waals surface area contributed by atoms with E-state index >= 15 is 0 Å². The Bertz CT molecular complexity index is 606. The Morgan fingerprint density at radius 2 is 2.16 bits per heavy atom. The van der Waals surface area contributed by atoms with Gasteiger partial charge in [-0.05, 0) is 19.4 Å². The molecule has 102 valence electrons. The van der Waals surface area contributed by atoms with Gasteiger partial charge in [0, 0.05) is 19.3 Å². The van der Waals surface area contributed by atoms with Crippen LogP contribution in [0.3, 0.4) is 0 Å². The summed E-state index contributed by atoms with van der Waals surface area (Å²) in [4.78, 5) is 12.9. The second-order valence-electron chi connectivity index (χ2n) is 5.16. The fraction of sp³-hybridized carbons (Fsp3) is 0.500. The minimum absolute atomic E-state index is 0.0739. The van der Waals surface area contributed by atoms with Crippen molar-refractivity contribution < 1.29 is 13.2 Å². The normalized spacial score (nSPS) is 24.3. The molecule has 0 radical (unpaired) electrons. The highest BCUT2D eigenvalue weighted by Gasteiger charge is 2.54. The molecule has 7 heteroatoms. The highest BCUT2D eigenvalue weighted by atomic mass is 19.4. The quantitative estimate of drug-likeness (QED) is 0.866. The maximum atomic E-state index is 13.0. The number of fused-ring (bicyclic) bond motifs is 1. The van der Waals surface area contributed by atoms with Gasteiger partial charge >= 0.3 is 6.18 Å². The maximum Gasteiger partial charge on any atom is 0.395 e. The lowest BCUT2D eigenvalue weighted by atomic mass is 9.89. The molecule has 1 fully saturated rings. The third-order valence-electron chi connectivity index (χ3n) is 3.78. The van der Waals surface area contributed by atoms with E-state index in [2.05, 4.69) is 15.0 Å². The van der Waals surface area contributed by atoms with Crippen molar-refractivity contribution in [2.45, 2.75) is 19.5 Å². The smallest absolute Gasteiger partial charge is 0.354 e. The van der Waals surface area contributed by atoms with Crippen molar-refractivity contribution in [1.29, 1.82) is 0 Å². The second kappa shape index (κ2) is 3.85. The number of aromatic nitrogens is 3. The molecule has 0 spiro atoms. The standard InChI is InChI=1S/C12H13F3N4/c1-11(12(13,14)15)3-5-19(6-11)10-9-8(2-4-16-10)17-7-18-9/h2,4,7H,3,5-6H2,1H3,(H,17,18). The first kappa shape index (κ1) is 12.3. The van der Waals surface area contributed by atoms with Crippen molar-refractivity contribution >= 4 is 16.9 Å².